The summed E-state index contributed by atoms with van der Waals surface area (Å²) >= 11 is 0. The Hall–Kier alpha value is -2.18. The second-order valence-electron chi connectivity index (χ2n) is 9.29. The number of fused-ring (bicyclic) bond motifs is 2. The third-order valence-electron chi connectivity index (χ3n) is 5.92. The van der Waals surface area contributed by atoms with E-state index < -0.39 is 8.33 Å². The summed E-state index contributed by atoms with van der Waals surface area (Å²) in [6.45, 7) is 8.83. The predicted octanol–water partition coefficient (Wildman–Crippen LogP) is 5.02. The van der Waals surface area contributed by atoms with Crippen LogP contribution in [0.3, 0.4) is 0 Å². The Bertz CT molecular complexity index is 760. The van der Waals surface area contributed by atoms with Crippen LogP contribution < -0.4 is 23.0 Å². The molecule has 0 amide bonds. The molecule has 1 fully saturated rings. The van der Waals surface area contributed by atoms with Crippen molar-refractivity contribution in [3.8, 4) is 23.0 Å². The van der Waals surface area contributed by atoms with Crippen LogP contribution in [0.4, 0.5) is 0 Å². The SMILES string of the molecule is CC(C)[NH2+]C(C)C.c1ccc2c(c1)O[Si-]1(C3CCCCC3)(O2)Oc2ccccc2O1. The van der Waals surface area contributed by atoms with Gasteiger partial charge in [0.2, 0.25) is 0 Å². The molecule has 2 N–H and O–H groups in total. The fourth-order valence-electron chi connectivity index (χ4n) is 4.83. The van der Waals surface area contributed by atoms with E-state index >= 15 is 0 Å². The number of quaternary nitrogens is 1. The van der Waals surface area contributed by atoms with Crippen molar-refractivity contribution in [1.82, 2.24) is 0 Å². The van der Waals surface area contributed by atoms with Gasteiger partial charge in [0.05, 0.1) is 12.1 Å². The number of benzene rings is 2. The van der Waals surface area contributed by atoms with Crippen LogP contribution in [0.5, 0.6) is 23.0 Å². The zero-order valence-corrected chi connectivity index (χ0v) is 19.6. The topological polar surface area (TPSA) is 53.5 Å². The molecule has 5 nitrogen and oxygen atoms in total. The van der Waals surface area contributed by atoms with E-state index in [1.54, 1.807) is 0 Å². The van der Waals surface area contributed by atoms with Gasteiger partial charge in [-0.05, 0) is 27.7 Å². The first-order chi connectivity index (χ1) is 14.4. The average Bonchev–Trinajstić information content (AvgIpc) is 3.23. The molecule has 5 rings (SSSR count). The van der Waals surface area contributed by atoms with Crippen LogP contribution in [0, 0.1) is 0 Å². The van der Waals surface area contributed by atoms with E-state index in [-0.39, 0.29) is 5.54 Å². The van der Waals surface area contributed by atoms with Gasteiger partial charge in [-0.3, -0.25) is 0 Å². The Morgan fingerprint density at radius 2 is 1.03 bits per heavy atom. The summed E-state index contributed by atoms with van der Waals surface area (Å²) in [5.74, 6) is 2.94. The van der Waals surface area contributed by atoms with E-state index in [1.807, 2.05) is 48.5 Å². The Kier molecular flexibility index (Phi) is 5.73. The number of para-hydroxylation sites is 4. The Morgan fingerprint density at radius 3 is 1.33 bits per heavy atom. The van der Waals surface area contributed by atoms with Crippen LogP contribution in [0.15, 0.2) is 48.5 Å². The summed E-state index contributed by atoms with van der Waals surface area (Å²) in [4.78, 5) is 0. The monoisotopic (exact) mass is 429 g/mol. The van der Waals surface area contributed by atoms with Gasteiger partial charge in [0.1, 0.15) is 0 Å². The van der Waals surface area contributed by atoms with Gasteiger partial charge in [-0.15, -0.1) is 0 Å². The van der Waals surface area contributed by atoms with Gasteiger partial charge in [-0.1, -0.05) is 0 Å². The average molecular weight is 430 g/mol. The van der Waals surface area contributed by atoms with Crippen LogP contribution in [0.25, 0.3) is 0 Å². The maximum absolute atomic E-state index is 6.45. The molecule has 30 heavy (non-hydrogen) atoms. The second kappa shape index (κ2) is 8.15. The van der Waals surface area contributed by atoms with Crippen molar-refractivity contribution in [3.05, 3.63) is 48.5 Å². The van der Waals surface area contributed by atoms with E-state index in [0.29, 0.717) is 0 Å². The molecule has 0 aromatic heterocycles. The molecule has 6 heteroatoms. The van der Waals surface area contributed by atoms with E-state index in [1.165, 1.54) is 19.3 Å². The first-order valence-electron chi connectivity index (χ1n) is 11.4. The summed E-state index contributed by atoms with van der Waals surface area (Å²) in [6, 6.07) is 17.0. The quantitative estimate of drug-likeness (QED) is 0.696. The molecular formula is C24H35NO4Si. The fourth-order valence-corrected chi connectivity index (χ4v) is 9.36. The van der Waals surface area contributed by atoms with Crippen molar-refractivity contribution in [3.63, 3.8) is 0 Å². The van der Waals surface area contributed by atoms with Gasteiger partial charge in [0.15, 0.2) is 0 Å². The van der Waals surface area contributed by atoms with Gasteiger partial charge in [0, 0.05) is 0 Å². The van der Waals surface area contributed by atoms with Crippen molar-refractivity contribution >= 4 is 8.33 Å². The summed E-state index contributed by atoms with van der Waals surface area (Å²) < 4.78 is 25.8. The van der Waals surface area contributed by atoms with Gasteiger partial charge in [-0.25, -0.2) is 0 Å². The number of hydrogen-bond donors (Lipinski definition) is 1. The summed E-state index contributed by atoms with van der Waals surface area (Å²) in [6.07, 6.45) is 5.64. The maximum atomic E-state index is 6.45. The molecule has 1 saturated carbocycles. The summed E-state index contributed by atoms with van der Waals surface area (Å²) in [7, 11) is -4.04. The molecule has 0 unspecified atom stereocenters. The fraction of sp³-hybridized carbons (Fsp3) is 0.500. The third-order valence-corrected chi connectivity index (χ3v) is 10.2. The standard InChI is InChI=1S/C18H19O4Si.C6H15N/c1-2-8-14(9-3-1)23(19-15-10-4-5-11-16(15)20-23)21-17-12-6-7-13-18(17)22-23;1-5(2)7-6(3)4/h4-7,10-14H,1-3,8-9H2;5-7H,1-4H3/q-1;/p+1. The summed E-state index contributed by atoms with van der Waals surface area (Å²) in [5, 5.41) is 2.33. The first kappa shape index (κ1) is 21.1. The Balaban J connectivity index is 0.000000272. The number of nitrogens with two attached hydrogens (primary N) is 1. The van der Waals surface area contributed by atoms with Gasteiger partial charge >= 0.3 is 135 Å². The molecule has 0 atom stereocenters. The van der Waals surface area contributed by atoms with Crippen molar-refractivity contribution in [1.29, 1.82) is 0 Å². The van der Waals surface area contributed by atoms with E-state index in [9.17, 15) is 0 Å². The summed E-state index contributed by atoms with van der Waals surface area (Å²) in [5.41, 5.74) is 0.170. The van der Waals surface area contributed by atoms with E-state index in [2.05, 4.69) is 33.0 Å². The molecular weight excluding hydrogens is 394 g/mol. The number of rotatable bonds is 3. The van der Waals surface area contributed by atoms with Gasteiger partial charge in [0.25, 0.3) is 0 Å². The van der Waals surface area contributed by atoms with E-state index in [4.69, 9.17) is 17.7 Å². The van der Waals surface area contributed by atoms with Gasteiger partial charge < -0.3 is 5.32 Å². The number of hydrogen-bond acceptors (Lipinski definition) is 4. The molecule has 2 aromatic rings. The van der Waals surface area contributed by atoms with E-state index in [0.717, 1.165) is 47.9 Å². The molecule has 2 aromatic carbocycles. The van der Waals surface area contributed by atoms with Crippen molar-refractivity contribution in [2.45, 2.75) is 77.4 Å². The molecule has 3 aliphatic rings. The van der Waals surface area contributed by atoms with Crippen molar-refractivity contribution < 1.29 is 23.0 Å². The predicted molar refractivity (Wildman–Crippen MR) is 120 cm³/mol. The minimum atomic E-state index is -4.04. The van der Waals surface area contributed by atoms with Crippen molar-refractivity contribution in [2.24, 2.45) is 0 Å². The Labute approximate surface area is 180 Å². The molecule has 0 radical (unpaired) electrons. The van der Waals surface area contributed by atoms with Crippen molar-refractivity contribution in [2.75, 3.05) is 0 Å². The normalized spacial score (nSPS) is 21.7. The first-order valence-corrected chi connectivity index (χ1v) is 13.6. The zero-order chi connectivity index (χ0) is 21.2. The van der Waals surface area contributed by atoms with Gasteiger partial charge in [-0.2, -0.15) is 0 Å². The van der Waals surface area contributed by atoms with Crippen LogP contribution in [0.2, 0.25) is 5.54 Å². The van der Waals surface area contributed by atoms with Crippen LogP contribution in [0.1, 0.15) is 59.8 Å². The van der Waals surface area contributed by atoms with Crippen LogP contribution >= 0.6 is 0 Å². The molecule has 0 saturated heterocycles. The van der Waals surface area contributed by atoms with Crippen LogP contribution in [-0.2, 0) is 0 Å². The zero-order valence-electron chi connectivity index (χ0n) is 18.6. The molecule has 2 aliphatic heterocycles. The molecule has 1 aliphatic carbocycles. The Morgan fingerprint density at radius 1 is 0.667 bits per heavy atom. The van der Waals surface area contributed by atoms with Crippen LogP contribution in [-0.4, -0.2) is 20.4 Å². The molecule has 1 spiro atoms. The third kappa shape index (κ3) is 3.90. The molecule has 2 heterocycles. The molecule has 164 valence electrons. The molecule has 0 bridgehead atoms. The minimum absolute atomic E-state index is 0.170. The second-order valence-corrected chi connectivity index (χ2v) is 12.9.